The molecule has 0 saturated heterocycles. The highest BCUT2D eigenvalue weighted by atomic mass is 16.5. The zero-order chi connectivity index (χ0) is 21.0. The molecule has 2 N–H and O–H groups in total. The molecule has 0 radical (unpaired) electrons. The zero-order valence-corrected chi connectivity index (χ0v) is 16.4. The molecular formula is C24H18N4O3. The fourth-order valence-electron chi connectivity index (χ4n) is 3.40. The molecule has 152 valence electrons. The van der Waals surface area contributed by atoms with Crippen LogP contribution in [0.25, 0.3) is 22.4 Å². The number of furan rings is 1. The summed E-state index contributed by atoms with van der Waals surface area (Å²) in [5.74, 6) is 1.35. The third-order valence-electron chi connectivity index (χ3n) is 4.85. The number of aromatic nitrogens is 2. The van der Waals surface area contributed by atoms with Crippen LogP contribution in [-0.2, 0) is 6.42 Å². The van der Waals surface area contributed by atoms with Crippen molar-refractivity contribution in [1.29, 1.82) is 0 Å². The standard InChI is InChI=1S/C24H18N4O3/c29-24(26-20-12-5-9-16-7-1-3-10-18(16)20)25-19-11-4-2-8-17(19)15-22-27-23(28-31-22)21-13-6-14-30-21/h1-14H,15H2,(H2,25,26,29). The molecular weight excluding hydrogens is 392 g/mol. The number of carbonyl (C=O) groups is 1. The first-order valence-corrected chi connectivity index (χ1v) is 9.76. The molecule has 0 aliphatic carbocycles. The normalized spacial score (nSPS) is 10.8. The number of nitrogens with one attached hydrogen (secondary N) is 2. The van der Waals surface area contributed by atoms with E-state index in [-0.39, 0.29) is 6.03 Å². The Kier molecular flexibility index (Phi) is 4.90. The highest BCUT2D eigenvalue weighted by Gasteiger charge is 2.14. The molecule has 0 atom stereocenters. The Morgan fingerprint density at radius 2 is 1.61 bits per heavy atom. The van der Waals surface area contributed by atoms with Crippen LogP contribution < -0.4 is 10.6 Å². The average Bonchev–Trinajstić information content (AvgIpc) is 3.47. The Bertz CT molecular complexity index is 1340. The van der Waals surface area contributed by atoms with Gasteiger partial charge < -0.3 is 19.6 Å². The average molecular weight is 410 g/mol. The van der Waals surface area contributed by atoms with Crippen LogP contribution in [0.2, 0.25) is 0 Å². The minimum absolute atomic E-state index is 0.328. The Morgan fingerprint density at radius 1 is 0.839 bits per heavy atom. The maximum Gasteiger partial charge on any atom is 0.323 e. The molecule has 3 aromatic carbocycles. The Morgan fingerprint density at radius 3 is 2.52 bits per heavy atom. The molecule has 0 unspecified atom stereocenters. The number of rotatable bonds is 5. The van der Waals surface area contributed by atoms with Gasteiger partial charge in [0.05, 0.1) is 18.4 Å². The lowest BCUT2D eigenvalue weighted by atomic mass is 10.1. The van der Waals surface area contributed by atoms with Crippen LogP contribution in [0.1, 0.15) is 11.5 Å². The van der Waals surface area contributed by atoms with Crippen molar-refractivity contribution in [3.63, 3.8) is 0 Å². The van der Waals surface area contributed by atoms with Crippen LogP contribution in [0.5, 0.6) is 0 Å². The van der Waals surface area contributed by atoms with Gasteiger partial charge in [0.15, 0.2) is 5.76 Å². The van der Waals surface area contributed by atoms with Gasteiger partial charge in [-0.1, -0.05) is 59.8 Å². The number of para-hydroxylation sites is 1. The van der Waals surface area contributed by atoms with E-state index in [1.54, 1.807) is 18.4 Å². The van der Waals surface area contributed by atoms with Crippen LogP contribution >= 0.6 is 0 Å². The zero-order valence-electron chi connectivity index (χ0n) is 16.4. The molecule has 0 spiro atoms. The summed E-state index contributed by atoms with van der Waals surface area (Å²) in [4.78, 5) is 17.1. The minimum atomic E-state index is -0.328. The molecule has 0 fully saturated rings. The minimum Gasteiger partial charge on any atom is -0.461 e. The predicted octanol–water partition coefficient (Wildman–Crippen LogP) is 5.72. The first-order valence-electron chi connectivity index (χ1n) is 9.76. The van der Waals surface area contributed by atoms with Crippen molar-refractivity contribution in [2.45, 2.75) is 6.42 Å². The third-order valence-corrected chi connectivity index (χ3v) is 4.85. The summed E-state index contributed by atoms with van der Waals surface area (Å²) in [6.07, 6.45) is 1.93. The summed E-state index contributed by atoms with van der Waals surface area (Å²) in [7, 11) is 0. The summed E-state index contributed by atoms with van der Waals surface area (Å²) >= 11 is 0. The summed E-state index contributed by atoms with van der Waals surface area (Å²) in [6.45, 7) is 0. The Balaban J connectivity index is 1.33. The van der Waals surface area contributed by atoms with Crippen LogP contribution in [0.4, 0.5) is 16.2 Å². The van der Waals surface area contributed by atoms with Crippen LogP contribution in [0.3, 0.4) is 0 Å². The summed E-state index contributed by atoms with van der Waals surface area (Å²) in [6, 6.07) is 24.4. The van der Waals surface area contributed by atoms with Crippen molar-refractivity contribution in [2.24, 2.45) is 0 Å². The van der Waals surface area contributed by atoms with E-state index >= 15 is 0 Å². The second-order valence-corrected chi connectivity index (χ2v) is 6.93. The quantitative estimate of drug-likeness (QED) is 0.387. The lowest BCUT2D eigenvalue weighted by Gasteiger charge is -2.12. The van der Waals surface area contributed by atoms with E-state index in [1.807, 2.05) is 66.7 Å². The molecule has 7 nitrogen and oxygen atoms in total. The van der Waals surface area contributed by atoms with E-state index in [2.05, 4.69) is 20.8 Å². The van der Waals surface area contributed by atoms with E-state index in [0.717, 1.165) is 22.0 Å². The van der Waals surface area contributed by atoms with E-state index in [9.17, 15) is 4.79 Å². The number of hydrogen-bond donors (Lipinski definition) is 2. The van der Waals surface area contributed by atoms with Gasteiger partial charge in [-0.05, 0) is 35.2 Å². The summed E-state index contributed by atoms with van der Waals surface area (Å²) < 4.78 is 10.6. The van der Waals surface area contributed by atoms with E-state index < -0.39 is 0 Å². The third kappa shape index (κ3) is 4.02. The largest absolute Gasteiger partial charge is 0.461 e. The first kappa shape index (κ1) is 18.6. The molecule has 5 rings (SSSR count). The molecule has 5 aromatic rings. The smallest absolute Gasteiger partial charge is 0.323 e. The highest BCUT2D eigenvalue weighted by Crippen LogP contribution is 2.24. The SMILES string of the molecule is O=C(Nc1ccccc1Cc1nc(-c2ccco2)no1)Nc1cccc2ccccc12. The number of carbonyl (C=O) groups excluding carboxylic acids is 1. The molecule has 0 bridgehead atoms. The molecule has 7 heteroatoms. The van der Waals surface area contributed by atoms with Crippen molar-refractivity contribution in [3.05, 3.63) is 96.6 Å². The topological polar surface area (TPSA) is 93.2 Å². The number of benzene rings is 3. The van der Waals surface area contributed by atoms with Crippen molar-refractivity contribution >= 4 is 28.2 Å². The van der Waals surface area contributed by atoms with Gasteiger partial charge in [0.2, 0.25) is 11.7 Å². The van der Waals surface area contributed by atoms with Crippen molar-refractivity contribution in [3.8, 4) is 11.6 Å². The van der Waals surface area contributed by atoms with E-state index in [4.69, 9.17) is 8.94 Å². The fraction of sp³-hybridized carbons (Fsp3) is 0.0417. The maximum absolute atomic E-state index is 12.7. The fourth-order valence-corrected chi connectivity index (χ4v) is 3.40. The first-order chi connectivity index (χ1) is 15.3. The predicted molar refractivity (Wildman–Crippen MR) is 118 cm³/mol. The molecule has 0 saturated carbocycles. The van der Waals surface area contributed by atoms with Crippen molar-refractivity contribution in [1.82, 2.24) is 10.1 Å². The lowest BCUT2D eigenvalue weighted by Crippen LogP contribution is -2.20. The number of nitrogens with zero attached hydrogens (tertiary/aromatic N) is 2. The number of amides is 2. The van der Waals surface area contributed by atoms with Gasteiger partial charge in [-0.3, -0.25) is 0 Å². The highest BCUT2D eigenvalue weighted by molar-refractivity contribution is 6.06. The lowest BCUT2D eigenvalue weighted by molar-refractivity contribution is 0.262. The van der Waals surface area contributed by atoms with Crippen LogP contribution in [0, 0.1) is 0 Å². The summed E-state index contributed by atoms with van der Waals surface area (Å²) in [5, 5.41) is 11.8. The van der Waals surface area contributed by atoms with Gasteiger partial charge in [-0.2, -0.15) is 4.98 Å². The maximum atomic E-state index is 12.7. The summed E-state index contributed by atoms with van der Waals surface area (Å²) in [5.41, 5.74) is 2.26. The van der Waals surface area contributed by atoms with Crippen LogP contribution in [-0.4, -0.2) is 16.2 Å². The molecule has 0 aliphatic rings. The van der Waals surface area contributed by atoms with Crippen molar-refractivity contribution in [2.75, 3.05) is 10.6 Å². The van der Waals surface area contributed by atoms with Gasteiger partial charge in [0, 0.05) is 11.1 Å². The monoisotopic (exact) mass is 410 g/mol. The van der Waals surface area contributed by atoms with Crippen LogP contribution in [0.15, 0.2) is 94.1 Å². The molecule has 0 aliphatic heterocycles. The van der Waals surface area contributed by atoms with Gasteiger partial charge in [0.25, 0.3) is 0 Å². The number of anilines is 2. The van der Waals surface area contributed by atoms with Gasteiger partial charge in [0.1, 0.15) is 0 Å². The van der Waals surface area contributed by atoms with Gasteiger partial charge in [-0.15, -0.1) is 0 Å². The Labute approximate surface area is 177 Å². The van der Waals surface area contributed by atoms with Gasteiger partial charge in [-0.25, -0.2) is 4.79 Å². The number of urea groups is 1. The number of fused-ring (bicyclic) bond motifs is 1. The van der Waals surface area contributed by atoms with Gasteiger partial charge >= 0.3 is 6.03 Å². The van der Waals surface area contributed by atoms with E-state index in [0.29, 0.717) is 29.6 Å². The second kappa shape index (κ2) is 8.16. The second-order valence-electron chi connectivity index (χ2n) is 6.93. The molecule has 31 heavy (non-hydrogen) atoms. The Hall–Kier alpha value is -4.39. The molecule has 2 heterocycles. The molecule has 2 amide bonds. The molecule has 2 aromatic heterocycles. The number of hydrogen-bond acceptors (Lipinski definition) is 5. The van der Waals surface area contributed by atoms with E-state index in [1.165, 1.54) is 0 Å². The van der Waals surface area contributed by atoms with Crippen molar-refractivity contribution < 1.29 is 13.7 Å².